The van der Waals surface area contributed by atoms with E-state index in [0.29, 0.717) is 48.8 Å². The third kappa shape index (κ3) is 6.45. The van der Waals surface area contributed by atoms with Gasteiger partial charge in [-0.2, -0.15) is 4.98 Å². The number of halogens is 1. The number of piperidine rings is 1. The van der Waals surface area contributed by atoms with Gasteiger partial charge in [0.05, 0.1) is 6.20 Å². The number of carbonyl (C=O) groups is 2. The van der Waals surface area contributed by atoms with Gasteiger partial charge in [-0.15, -0.1) is 0 Å². The van der Waals surface area contributed by atoms with E-state index in [0.717, 1.165) is 54.7 Å². The number of fused-ring (bicyclic) bond motifs is 6. The van der Waals surface area contributed by atoms with Gasteiger partial charge < -0.3 is 26.2 Å². The molecule has 2 aromatic rings. The topological polar surface area (TPSA) is 111 Å². The van der Waals surface area contributed by atoms with E-state index in [1.165, 1.54) is 0 Å². The Morgan fingerprint density at radius 2 is 2.03 bits per heavy atom. The van der Waals surface area contributed by atoms with E-state index in [2.05, 4.69) is 49.5 Å². The molecule has 3 heterocycles. The zero-order valence-corrected chi connectivity index (χ0v) is 22.4. The Morgan fingerprint density at radius 3 is 2.84 bits per heavy atom. The maximum Gasteiger partial charge on any atom is 0.317 e. The van der Waals surface area contributed by atoms with Crippen LogP contribution in [-0.2, 0) is 11.2 Å². The first kappa shape index (κ1) is 26.0. The lowest BCUT2D eigenvalue weighted by molar-refractivity contribution is -0.117. The molecule has 0 spiro atoms. The highest BCUT2D eigenvalue weighted by Gasteiger charge is 2.24. The van der Waals surface area contributed by atoms with Gasteiger partial charge in [-0.3, -0.25) is 4.79 Å². The average molecular weight is 536 g/mol. The zero-order valence-electron chi connectivity index (χ0n) is 21.6. The summed E-state index contributed by atoms with van der Waals surface area (Å²) < 4.78 is 0. The number of likely N-dealkylation sites (tertiary alicyclic amines) is 1. The molecule has 0 radical (unpaired) electrons. The van der Waals surface area contributed by atoms with Crippen molar-refractivity contribution in [1.82, 2.24) is 20.2 Å². The highest BCUT2D eigenvalue weighted by molar-refractivity contribution is 6.32. The number of anilines is 4. The van der Waals surface area contributed by atoms with Crippen LogP contribution in [0.3, 0.4) is 0 Å². The van der Waals surface area contributed by atoms with E-state index in [-0.39, 0.29) is 17.9 Å². The number of urea groups is 1. The highest BCUT2D eigenvalue weighted by atomic mass is 35.5. The molecule has 200 valence electrons. The van der Waals surface area contributed by atoms with Gasteiger partial charge in [0.15, 0.2) is 5.82 Å². The minimum atomic E-state index is -0.0187. The van der Waals surface area contributed by atoms with Crippen LogP contribution in [0.2, 0.25) is 5.02 Å². The maximum absolute atomic E-state index is 13.0. The monoisotopic (exact) mass is 535 g/mol. The Hall–Kier alpha value is -3.59. The van der Waals surface area contributed by atoms with Gasteiger partial charge in [0, 0.05) is 43.1 Å². The van der Waals surface area contributed by atoms with Crippen molar-refractivity contribution < 1.29 is 9.59 Å². The molecular weight excluding hydrogens is 502 g/mol. The SMILES string of the molecule is CCNC(=O)N1CCC(CC(=O)Nc2ccc3cc2CCC2C=CC=C(C2)Nc2ncc(Cl)c(n2)N3)CC1. The molecule has 4 N–H and O–H groups in total. The number of allylic oxidation sites excluding steroid dienone is 4. The van der Waals surface area contributed by atoms with E-state index in [1.54, 1.807) is 6.20 Å². The summed E-state index contributed by atoms with van der Waals surface area (Å²) in [6.07, 6.45) is 12.7. The summed E-state index contributed by atoms with van der Waals surface area (Å²) in [5.41, 5.74) is 3.80. The van der Waals surface area contributed by atoms with Crippen LogP contribution < -0.4 is 21.3 Å². The normalized spacial score (nSPS) is 19.1. The van der Waals surface area contributed by atoms with Crippen molar-refractivity contribution in [2.45, 2.75) is 45.4 Å². The Bertz CT molecular complexity index is 1250. The fourth-order valence-electron chi connectivity index (χ4n) is 5.24. The Labute approximate surface area is 228 Å². The number of hydrogen-bond donors (Lipinski definition) is 4. The molecule has 0 saturated carbocycles. The van der Waals surface area contributed by atoms with E-state index in [9.17, 15) is 9.59 Å². The van der Waals surface area contributed by atoms with E-state index in [1.807, 2.05) is 30.0 Å². The van der Waals surface area contributed by atoms with E-state index < -0.39 is 0 Å². The van der Waals surface area contributed by atoms with Crippen LogP contribution in [0.1, 0.15) is 44.6 Å². The number of aryl methyl sites for hydroxylation is 1. The van der Waals surface area contributed by atoms with Crippen molar-refractivity contribution in [3.63, 3.8) is 0 Å². The van der Waals surface area contributed by atoms with Gasteiger partial charge >= 0.3 is 6.03 Å². The second kappa shape index (κ2) is 11.9. The molecule has 2 aliphatic heterocycles. The van der Waals surface area contributed by atoms with Crippen LogP contribution in [0.15, 0.2) is 48.3 Å². The van der Waals surface area contributed by atoms with Crippen molar-refractivity contribution in [3.05, 3.63) is 58.9 Å². The Morgan fingerprint density at radius 1 is 1.18 bits per heavy atom. The van der Waals surface area contributed by atoms with Gasteiger partial charge in [-0.1, -0.05) is 23.8 Å². The van der Waals surface area contributed by atoms with E-state index in [4.69, 9.17) is 11.6 Å². The number of benzene rings is 1. The largest absolute Gasteiger partial charge is 0.339 e. The number of aromatic nitrogens is 2. The summed E-state index contributed by atoms with van der Waals surface area (Å²) in [6.45, 7) is 3.91. The first-order chi connectivity index (χ1) is 18.5. The lowest BCUT2D eigenvalue weighted by Gasteiger charge is -2.31. The third-order valence-corrected chi connectivity index (χ3v) is 7.59. The van der Waals surface area contributed by atoms with Gasteiger partial charge in [0.2, 0.25) is 11.9 Å². The molecular formula is C28H34ClN7O2. The maximum atomic E-state index is 13.0. The number of nitrogens with one attached hydrogen (secondary N) is 4. The number of carbonyl (C=O) groups excluding carboxylic acids is 2. The Kier molecular flexibility index (Phi) is 8.12. The standard InChI is InChI=1S/C28H34ClN7O2/c1-2-30-28(38)36-12-10-19(11-13-36)15-25(37)34-24-9-8-22-16-20(24)7-6-18-4-3-5-21(14-18)33-27-31-17-23(29)26(32-22)35-27/h3-5,8-9,16-19H,2,6-7,10-15H2,1H3,(H,30,38)(H,34,37)(H2,31,32,33,35). The van der Waals surface area contributed by atoms with Crippen molar-refractivity contribution >= 4 is 46.7 Å². The van der Waals surface area contributed by atoms with Crippen molar-refractivity contribution in [2.24, 2.45) is 11.8 Å². The van der Waals surface area contributed by atoms with E-state index >= 15 is 0 Å². The molecule has 1 aliphatic carbocycles. The molecule has 10 heteroatoms. The predicted molar refractivity (Wildman–Crippen MR) is 151 cm³/mol. The number of hydrogen-bond acceptors (Lipinski definition) is 6. The first-order valence-corrected chi connectivity index (χ1v) is 13.7. The zero-order chi connectivity index (χ0) is 26.5. The fraction of sp³-hybridized carbons (Fsp3) is 0.429. The third-order valence-electron chi connectivity index (χ3n) is 7.31. The van der Waals surface area contributed by atoms with Crippen molar-refractivity contribution in [2.75, 3.05) is 35.6 Å². The summed E-state index contributed by atoms with van der Waals surface area (Å²) in [5.74, 6) is 1.67. The molecule has 3 aliphatic rings. The van der Waals surface area contributed by atoms with Gasteiger partial charge in [0.1, 0.15) is 5.02 Å². The molecule has 1 aromatic carbocycles. The number of nitrogens with zero attached hydrogens (tertiary/aromatic N) is 3. The summed E-state index contributed by atoms with van der Waals surface area (Å²) in [7, 11) is 0. The second-order valence-electron chi connectivity index (χ2n) is 10.1. The van der Waals surface area contributed by atoms with Crippen molar-refractivity contribution in [3.8, 4) is 0 Å². The second-order valence-corrected chi connectivity index (χ2v) is 10.5. The van der Waals surface area contributed by atoms with Crippen LogP contribution in [-0.4, -0.2) is 46.4 Å². The summed E-state index contributed by atoms with van der Waals surface area (Å²) in [4.78, 5) is 35.8. The molecule has 1 atom stereocenters. The van der Waals surface area contributed by atoms with Crippen LogP contribution in [0.5, 0.6) is 0 Å². The first-order valence-electron chi connectivity index (χ1n) is 13.4. The van der Waals surface area contributed by atoms with Crippen LogP contribution in [0, 0.1) is 11.8 Å². The quantitative estimate of drug-likeness (QED) is 0.413. The van der Waals surface area contributed by atoms with Crippen LogP contribution in [0.4, 0.5) is 27.9 Å². The lowest BCUT2D eigenvalue weighted by atomic mass is 9.91. The molecule has 1 saturated heterocycles. The molecule has 1 aromatic heterocycles. The fourth-order valence-corrected chi connectivity index (χ4v) is 5.38. The van der Waals surface area contributed by atoms with Crippen LogP contribution in [0.25, 0.3) is 0 Å². The minimum absolute atomic E-state index is 0.0109. The molecule has 6 bridgehead atoms. The highest BCUT2D eigenvalue weighted by Crippen LogP contribution is 2.32. The molecule has 5 rings (SSSR count). The molecule has 3 amide bonds. The molecule has 9 nitrogen and oxygen atoms in total. The van der Waals surface area contributed by atoms with Gasteiger partial charge in [-0.25, -0.2) is 9.78 Å². The number of rotatable bonds is 4. The lowest BCUT2D eigenvalue weighted by Crippen LogP contribution is -2.44. The summed E-state index contributed by atoms with van der Waals surface area (Å²) in [5, 5.41) is 13.1. The molecule has 1 unspecified atom stereocenters. The van der Waals surface area contributed by atoms with Gasteiger partial charge in [0.25, 0.3) is 0 Å². The summed E-state index contributed by atoms with van der Waals surface area (Å²) >= 11 is 6.38. The van der Waals surface area contributed by atoms with Gasteiger partial charge in [-0.05, 0) is 80.7 Å². The van der Waals surface area contributed by atoms with Crippen LogP contribution >= 0.6 is 11.6 Å². The minimum Gasteiger partial charge on any atom is -0.339 e. The average Bonchev–Trinajstić information content (AvgIpc) is 2.91. The predicted octanol–water partition coefficient (Wildman–Crippen LogP) is 5.46. The summed E-state index contributed by atoms with van der Waals surface area (Å²) in [6, 6.07) is 5.92. The molecule has 38 heavy (non-hydrogen) atoms. The van der Waals surface area contributed by atoms with Crippen molar-refractivity contribution in [1.29, 1.82) is 0 Å². The molecule has 1 fully saturated rings. The Balaban J connectivity index is 1.29. The smallest absolute Gasteiger partial charge is 0.317 e. The number of amides is 3.